The van der Waals surface area contributed by atoms with Gasteiger partial charge in [0.1, 0.15) is 0 Å². The lowest BCUT2D eigenvalue weighted by Gasteiger charge is -2.58. The number of hydrogen-bond acceptors (Lipinski definition) is 4. The van der Waals surface area contributed by atoms with Gasteiger partial charge in [0, 0.05) is 24.2 Å². The fourth-order valence-corrected chi connectivity index (χ4v) is 7.87. The van der Waals surface area contributed by atoms with Gasteiger partial charge in [0.25, 0.3) is 5.56 Å². The molecule has 4 aliphatic rings. The molecule has 2 aliphatic heterocycles. The summed E-state index contributed by atoms with van der Waals surface area (Å²) in [6.45, 7) is 0. The van der Waals surface area contributed by atoms with Crippen LogP contribution in [0, 0.1) is 11.8 Å². The fraction of sp³-hybridized carbons (Fsp3) is 0.654. The van der Waals surface area contributed by atoms with E-state index in [1.807, 2.05) is 24.3 Å². The first-order chi connectivity index (χ1) is 15.6. The van der Waals surface area contributed by atoms with Crippen molar-refractivity contribution in [2.24, 2.45) is 11.8 Å². The fourth-order valence-electron chi connectivity index (χ4n) is 7.87. The molecule has 32 heavy (non-hydrogen) atoms. The normalized spacial score (nSPS) is 35.0. The van der Waals surface area contributed by atoms with Gasteiger partial charge in [-0.05, 0) is 75.3 Å². The molecule has 3 heterocycles. The summed E-state index contributed by atoms with van der Waals surface area (Å²) in [5, 5.41) is 9.63. The second-order valence-corrected chi connectivity index (χ2v) is 10.6. The zero-order valence-electron chi connectivity index (χ0n) is 18.7. The summed E-state index contributed by atoms with van der Waals surface area (Å²) < 4.78 is 1.79. The molecule has 170 valence electrons. The molecule has 6 rings (SSSR count). The molecule has 2 aliphatic carbocycles. The quantitative estimate of drug-likeness (QED) is 0.761. The van der Waals surface area contributed by atoms with Gasteiger partial charge in [-0.1, -0.05) is 31.4 Å². The topological polar surface area (TPSA) is 75.4 Å². The van der Waals surface area contributed by atoms with Crippen LogP contribution in [0.5, 0.6) is 0 Å². The van der Waals surface area contributed by atoms with Gasteiger partial charge in [0.15, 0.2) is 0 Å². The van der Waals surface area contributed by atoms with Gasteiger partial charge in [-0.2, -0.15) is 0 Å². The van der Waals surface area contributed by atoms with E-state index in [1.165, 1.54) is 57.8 Å². The first-order valence-corrected chi connectivity index (χ1v) is 12.6. The van der Waals surface area contributed by atoms with Crippen LogP contribution in [-0.4, -0.2) is 43.7 Å². The molecule has 2 saturated carbocycles. The Labute approximate surface area is 188 Å². The Hall–Kier alpha value is -2.21. The molecule has 3 atom stereocenters. The smallest absolute Gasteiger partial charge is 0.360 e. The minimum absolute atomic E-state index is 0.0449. The lowest BCUT2D eigenvalue weighted by molar-refractivity contribution is -0.0818. The highest BCUT2D eigenvalue weighted by atomic mass is 16.4. The van der Waals surface area contributed by atoms with Crippen LogP contribution in [0.1, 0.15) is 87.2 Å². The van der Waals surface area contributed by atoms with Crippen molar-refractivity contribution in [3.63, 3.8) is 0 Å². The number of carboxylic acids is 1. The van der Waals surface area contributed by atoms with E-state index in [0.29, 0.717) is 17.6 Å². The molecule has 6 heteroatoms. The lowest BCUT2D eigenvalue weighted by atomic mass is 9.65. The molecule has 1 aromatic heterocycles. The molecule has 0 amide bonds. The summed E-state index contributed by atoms with van der Waals surface area (Å²) in [6, 6.07) is 9.29. The van der Waals surface area contributed by atoms with Crippen molar-refractivity contribution < 1.29 is 9.90 Å². The van der Waals surface area contributed by atoms with Gasteiger partial charge in [-0.25, -0.2) is 9.78 Å². The van der Waals surface area contributed by atoms with Crippen molar-refractivity contribution in [1.29, 1.82) is 0 Å². The molecule has 0 spiro atoms. The maximum absolute atomic E-state index is 13.3. The van der Waals surface area contributed by atoms with E-state index < -0.39 is 11.5 Å². The average Bonchev–Trinajstić information content (AvgIpc) is 2.77. The third-order valence-corrected chi connectivity index (χ3v) is 8.98. The van der Waals surface area contributed by atoms with E-state index in [0.717, 1.165) is 36.2 Å². The van der Waals surface area contributed by atoms with Crippen LogP contribution in [0.2, 0.25) is 0 Å². The van der Waals surface area contributed by atoms with Gasteiger partial charge in [0.05, 0.1) is 11.0 Å². The van der Waals surface area contributed by atoms with Crippen LogP contribution in [0.3, 0.4) is 0 Å². The van der Waals surface area contributed by atoms with E-state index in [-0.39, 0.29) is 11.7 Å². The number of carboxylic acid groups (broad SMARTS) is 1. The number of aromatic nitrogens is 2. The first kappa shape index (κ1) is 20.4. The zero-order valence-corrected chi connectivity index (χ0v) is 18.7. The molecule has 6 nitrogen and oxygen atoms in total. The Bertz CT molecular complexity index is 1060. The van der Waals surface area contributed by atoms with Crippen molar-refractivity contribution in [2.45, 2.75) is 94.8 Å². The monoisotopic (exact) mass is 435 g/mol. The minimum Gasteiger partial charge on any atom is -0.476 e. The predicted molar refractivity (Wildman–Crippen MR) is 123 cm³/mol. The maximum atomic E-state index is 13.3. The molecular weight excluding hydrogens is 402 g/mol. The molecule has 2 saturated heterocycles. The molecule has 0 radical (unpaired) electrons. The molecule has 1 N–H and O–H groups in total. The zero-order chi connectivity index (χ0) is 21.8. The second kappa shape index (κ2) is 7.98. The van der Waals surface area contributed by atoms with Gasteiger partial charge >= 0.3 is 5.97 Å². The Morgan fingerprint density at radius 3 is 2.09 bits per heavy atom. The number of nitrogens with zero attached hydrogens (tertiary/aromatic N) is 3. The van der Waals surface area contributed by atoms with Gasteiger partial charge in [-0.3, -0.25) is 9.69 Å². The molecule has 4 fully saturated rings. The summed E-state index contributed by atoms with van der Waals surface area (Å²) in [7, 11) is 0. The summed E-state index contributed by atoms with van der Waals surface area (Å²) in [5.74, 6) is 0.470. The lowest BCUT2D eigenvalue weighted by Crippen LogP contribution is -2.62. The number of fused-ring (bicyclic) bond motifs is 6. The van der Waals surface area contributed by atoms with E-state index in [1.54, 1.807) is 4.57 Å². The van der Waals surface area contributed by atoms with Gasteiger partial charge < -0.3 is 9.67 Å². The van der Waals surface area contributed by atoms with E-state index in [2.05, 4.69) is 9.88 Å². The Morgan fingerprint density at radius 2 is 1.47 bits per heavy atom. The molecule has 1 aromatic carbocycles. The number of para-hydroxylation sites is 2. The number of aromatic carboxylic acids is 1. The number of rotatable bonds is 3. The molecular formula is C26H33N3O3. The van der Waals surface area contributed by atoms with Crippen LogP contribution >= 0.6 is 0 Å². The van der Waals surface area contributed by atoms with E-state index in [4.69, 9.17) is 0 Å². The van der Waals surface area contributed by atoms with Crippen LogP contribution < -0.4 is 5.56 Å². The Balaban J connectivity index is 1.39. The number of benzene rings is 1. The van der Waals surface area contributed by atoms with Crippen LogP contribution in [0.25, 0.3) is 11.0 Å². The molecule has 2 aromatic rings. The van der Waals surface area contributed by atoms with Crippen LogP contribution in [0.4, 0.5) is 0 Å². The van der Waals surface area contributed by atoms with Crippen LogP contribution in [-0.2, 0) is 0 Å². The van der Waals surface area contributed by atoms with E-state index in [9.17, 15) is 14.7 Å². The SMILES string of the molecule is O=C(O)c1nc2ccccc2n(C2C[C@H]3CCC[C@@H](C2)N3C2C3CCCC2CCC3)c1=O. The second-order valence-electron chi connectivity index (χ2n) is 10.6. The predicted octanol–water partition coefficient (Wildman–Crippen LogP) is 4.62. The maximum Gasteiger partial charge on any atom is 0.360 e. The van der Waals surface area contributed by atoms with Gasteiger partial charge in [0.2, 0.25) is 5.69 Å². The number of hydrogen-bond donors (Lipinski definition) is 1. The van der Waals surface area contributed by atoms with Gasteiger partial charge in [-0.15, -0.1) is 0 Å². The van der Waals surface area contributed by atoms with Crippen molar-refractivity contribution in [3.05, 3.63) is 40.3 Å². The minimum atomic E-state index is -1.23. The highest BCUT2D eigenvalue weighted by Crippen LogP contribution is 2.49. The third kappa shape index (κ3) is 3.21. The Morgan fingerprint density at radius 1 is 0.875 bits per heavy atom. The standard InChI is InChI=1S/C26H33N3O3/c30-25-23(26(31)32)27-21-12-1-2-13-22(21)29(25)20-14-18-10-5-11-19(15-20)28(18)24-16-6-3-7-17(24)9-4-8-16/h1-2,12-13,16-20,24H,3-11,14-15H2,(H,31,32)/t16?,17?,18-,19+,20?,24?. The summed E-state index contributed by atoms with van der Waals surface area (Å²) in [5.41, 5.74) is 0.577. The highest BCUT2D eigenvalue weighted by Gasteiger charge is 2.48. The summed E-state index contributed by atoms with van der Waals surface area (Å²) in [4.78, 5) is 32.2. The van der Waals surface area contributed by atoms with Crippen molar-refractivity contribution in [1.82, 2.24) is 14.5 Å². The van der Waals surface area contributed by atoms with Crippen molar-refractivity contribution >= 4 is 17.0 Å². The average molecular weight is 436 g/mol. The third-order valence-electron chi connectivity index (χ3n) is 8.98. The largest absolute Gasteiger partial charge is 0.476 e. The molecule has 1 unspecified atom stereocenters. The number of carbonyl (C=O) groups is 1. The summed E-state index contributed by atoms with van der Waals surface area (Å²) in [6.07, 6.45) is 13.9. The number of piperidine rings is 2. The van der Waals surface area contributed by atoms with Crippen molar-refractivity contribution in [3.8, 4) is 0 Å². The Kier molecular flexibility index (Phi) is 5.09. The highest BCUT2D eigenvalue weighted by molar-refractivity contribution is 5.88. The van der Waals surface area contributed by atoms with E-state index >= 15 is 0 Å². The molecule has 4 bridgehead atoms. The van der Waals surface area contributed by atoms with Crippen molar-refractivity contribution in [2.75, 3.05) is 0 Å². The summed E-state index contributed by atoms with van der Waals surface area (Å²) >= 11 is 0. The van der Waals surface area contributed by atoms with Crippen LogP contribution in [0.15, 0.2) is 29.1 Å². The first-order valence-electron chi connectivity index (χ1n) is 12.6.